The summed E-state index contributed by atoms with van der Waals surface area (Å²) < 4.78 is 5.83. The minimum absolute atomic E-state index is 0.0665. The van der Waals surface area contributed by atoms with Gasteiger partial charge in [0.2, 0.25) is 0 Å². The van der Waals surface area contributed by atoms with Crippen molar-refractivity contribution in [1.29, 1.82) is 0 Å². The molecule has 5 heteroatoms. The third-order valence-corrected chi connectivity index (χ3v) is 5.45. The highest BCUT2D eigenvalue weighted by Gasteiger charge is 2.35. The molecule has 0 saturated heterocycles. The SMILES string of the molecule is O=C(NCC1CC(c2ccccc2)C1)c1c(Br)noc1C1CC1. The van der Waals surface area contributed by atoms with E-state index >= 15 is 0 Å². The van der Waals surface area contributed by atoms with E-state index in [1.54, 1.807) is 0 Å². The molecule has 2 saturated carbocycles. The van der Waals surface area contributed by atoms with Crippen molar-refractivity contribution in [2.24, 2.45) is 5.92 Å². The Kier molecular flexibility index (Phi) is 3.97. The Bertz CT molecular complexity index is 703. The van der Waals surface area contributed by atoms with Crippen molar-refractivity contribution < 1.29 is 9.32 Å². The first kappa shape index (κ1) is 14.9. The quantitative estimate of drug-likeness (QED) is 0.851. The average Bonchev–Trinajstić information content (AvgIpc) is 3.29. The van der Waals surface area contributed by atoms with Gasteiger partial charge in [-0.05, 0) is 59.0 Å². The molecule has 4 rings (SSSR count). The molecule has 0 unspecified atom stereocenters. The third kappa shape index (κ3) is 3.07. The van der Waals surface area contributed by atoms with Gasteiger partial charge in [-0.25, -0.2) is 0 Å². The Morgan fingerprint density at radius 1 is 1.22 bits per heavy atom. The fourth-order valence-electron chi connectivity index (χ4n) is 3.34. The molecule has 2 aliphatic carbocycles. The molecule has 1 aromatic carbocycles. The standard InChI is InChI=1S/C18H19BrN2O2/c19-17-15(16(23-21-17)13-6-7-13)18(22)20-10-11-8-14(9-11)12-4-2-1-3-5-12/h1-5,11,13-14H,6-10H2,(H,20,22). The van der Waals surface area contributed by atoms with Crippen molar-refractivity contribution in [1.82, 2.24) is 10.5 Å². The Labute approximate surface area is 143 Å². The zero-order chi connectivity index (χ0) is 15.8. The van der Waals surface area contributed by atoms with Crippen LogP contribution in [-0.2, 0) is 0 Å². The first-order valence-electron chi connectivity index (χ1n) is 8.20. The molecule has 2 aromatic rings. The van der Waals surface area contributed by atoms with Crippen LogP contribution >= 0.6 is 15.9 Å². The zero-order valence-electron chi connectivity index (χ0n) is 12.8. The zero-order valence-corrected chi connectivity index (χ0v) is 14.4. The molecule has 1 amide bonds. The summed E-state index contributed by atoms with van der Waals surface area (Å²) in [6.07, 6.45) is 4.46. The molecule has 2 fully saturated rings. The van der Waals surface area contributed by atoms with Gasteiger partial charge in [-0.1, -0.05) is 35.5 Å². The Morgan fingerprint density at radius 3 is 2.65 bits per heavy atom. The Morgan fingerprint density at radius 2 is 1.96 bits per heavy atom. The minimum atomic E-state index is -0.0665. The van der Waals surface area contributed by atoms with Gasteiger partial charge in [0, 0.05) is 12.5 Å². The van der Waals surface area contributed by atoms with Gasteiger partial charge in [0.1, 0.15) is 5.56 Å². The Hall–Kier alpha value is -1.62. The van der Waals surface area contributed by atoms with Crippen LogP contribution in [0.2, 0.25) is 0 Å². The first-order chi connectivity index (χ1) is 11.2. The molecular formula is C18H19BrN2O2. The van der Waals surface area contributed by atoms with E-state index in [0.29, 0.717) is 27.9 Å². The molecule has 1 heterocycles. The van der Waals surface area contributed by atoms with Crippen LogP contribution in [0, 0.1) is 5.92 Å². The highest BCUT2D eigenvalue weighted by molar-refractivity contribution is 9.10. The van der Waals surface area contributed by atoms with Crippen LogP contribution in [0.1, 0.15) is 59.2 Å². The van der Waals surface area contributed by atoms with E-state index in [2.05, 4.69) is 50.7 Å². The summed E-state index contributed by atoms with van der Waals surface area (Å²) in [6, 6.07) is 10.6. The van der Waals surface area contributed by atoms with Crippen molar-refractivity contribution in [3.63, 3.8) is 0 Å². The number of carbonyl (C=O) groups is 1. The molecule has 2 aliphatic rings. The summed E-state index contributed by atoms with van der Waals surface area (Å²) in [6.45, 7) is 0.726. The second kappa shape index (κ2) is 6.11. The third-order valence-electron chi connectivity index (χ3n) is 4.91. The van der Waals surface area contributed by atoms with Crippen LogP contribution in [0.4, 0.5) is 0 Å². The summed E-state index contributed by atoms with van der Waals surface area (Å²) in [7, 11) is 0. The van der Waals surface area contributed by atoms with E-state index in [4.69, 9.17) is 4.52 Å². The number of hydrogen-bond acceptors (Lipinski definition) is 3. The molecule has 1 aromatic heterocycles. The molecule has 1 N–H and O–H groups in total. The Balaban J connectivity index is 1.31. The van der Waals surface area contributed by atoms with E-state index < -0.39 is 0 Å². The predicted octanol–water partition coefficient (Wildman–Crippen LogP) is 4.24. The number of nitrogens with zero attached hydrogens (tertiary/aromatic N) is 1. The fourth-order valence-corrected chi connectivity index (χ4v) is 3.78. The lowest BCUT2D eigenvalue weighted by atomic mass is 9.71. The van der Waals surface area contributed by atoms with Gasteiger partial charge < -0.3 is 9.84 Å². The van der Waals surface area contributed by atoms with Crippen LogP contribution in [0.25, 0.3) is 0 Å². The van der Waals surface area contributed by atoms with E-state index in [0.717, 1.165) is 38.0 Å². The molecule has 0 radical (unpaired) electrons. The minimum Gasteiger partial charge on any atom is -0.359 e. The lowest BCUT2D eigenvalue weighted by molar-refractivity contribution is 0.0932. The van der Waals surface area contributed by atoms with Gasteiger partial charge in [0.25, 0.3) is 5.91 Å². The number of rotatable bonds is 5. The van der Waals surface area contributed by atoms with Crippen molar-refractivity contribution in [2.75, 3.05) is 6.54 Å². The number of benzene rings is 1. The lowest BCUT2D eigenvalue weighted by Crippen LogP contribution is -2.35. The normalized spacial score (nSPS) is 23.3. The maximum absolute atomic E-state index is 12.4. The van der Waals surface area contributed by atoms with Gasteiger partial charge in [0.15, 0.2) is 10.4 Å². The average molecular weight is 375 g/mol. The van der Waals surface area contributed by atoms with Crippen molar-refractivity contribution in [3.8, 4) is 0 Å². The van der Waals surface area contributed by atoms with Crippen molar-refractivity contribution in [2.45, 2.75) is 37.5 Å². The number of carbonyl (C=O) groups excluding carboxylic acids is 1. The van der Waals surface area contributed by atoms with Crippen LogP contribution < -0.4 is 5.32 Å². The second-order valence-electron chi connectivity index (χ2n) is 6.64. The maximum atomic E-state index is 12.4. The number of amides is 1. The topological polar surface area (TPSA) is 55.1 Å². The molecule has 0 bridgehead atoms. The molecule has 0 atom stereocenters. The summed E-state index contributed by atoms with van der Waals surface area (Å²) in [5.74, 6) is 2.25. The van der Waals surface area contributed by atoms with E-state index in [9.17, 15) is 4.79 Å². The van der Waals surface area contributed by atoms with Crippen molar-refractivity contribution in [3.05, 3.63) is 51.8 Å². The number of hydrogen-bond donors (Lipinski definition) is 1. The van der Waals surface area contributed by atoms with Crippen molar-refractivity contribution >= 4 is 21.8 Å². The van der Waals surface area contributed by atoms with E-state index in [1.807, 2.05) is 6.07 Å². The monoisotopic (exact) mass is 374 g/mol. The van der Waals surface area contributed by atoms with Crippen LogP contribution in [-0.4, -0.2) is 17.6 Å². The molecule has 4 nitrogen and oxygen atoms in total. The largest absolute Gasteiger partial charge is 0.359 e. The maximum Gasteiger partial charge on any atom is 0.257 e. The molecular weight excluding hydrogens is 356 g/mol. The van der Waals surface area contributed by atoms with Crippen LogP contribution in [0.3, 0.4) is 0 Å². The molecule has 0 spiro atoms. The van der Waals surface area contributed by atoms with Crippen LogP contribution in [0.15, 0.2) is 39.5 Å². The summed E-state index contributed by atoms with van der Waals surface area (Å²) in [5.41, 5.74) is 2.00. The first-order valence-corrected chi connectivity index (χ1v) is 9.00. The fraction of sp³-hybridized carbons (Fsp3) is 0.444. The van der Waals surface area contributed by atoms with Crippen LogP contribution in [0.5, 0.6) is 0 Å². The highest BCUT2D eigenvalue weighted by Crippen LogP contribution is 2.43. The highest BCUT2D eigenvalue weighted by atomic mass is 79.9. The lowest BCUT2D eigenvalue weighted by Gasteiger charge is -2.35. The smallest absolute Gasteiger partial charge is 0.257 e. The van der Waals surface area contributed by atoms with Gasteiger partial charge in [0.05, 0.1) is 0 Å². The molecule has 120 valence electrons. The summed E-state index contributed by atoms with van der Waals surface area (Å²) >= 11 is 3.33. The second-order valence-corrected chi connectivity index (χ2v) is 7.39. The van der Waals surface area contributed by atoms with Gasteiger partial charge >= 0.3 is 0 Å². The van der Waals surface area contributed by atoms with Gasteiger partial charge in [-0.3, -0.25) is 4.79 Å². The number of nitrogens with one attached hydrogen (secondary N) is 1. The van der Waals surface area contributed by atoms with E-state index in [1.165, 1.54) is 5.56 Å². The van der Waals surface area contributed by atoms with Gasteiger partial charge in [-0.15, -0.1) is 0 Å². The summed E-state index contributed by atoms with van der Waals surface area (Å²) in [5, 5.41) is 6.95. The summed E-state index contributed by atoms with van der Waals surface area (Å²) in [4.78, 5) is 12.4. The number of halogens is 1. The predicted molar refractivity (Wildman–Crippen MR) is 90.4 cm³/mol. The molecule has 23 heavy (non-hydrogen) atoms. The van der Waals surface area contributed by atoms with Gasteiger partial charge in [-0.2, -0.15) is 0 Å². The van der Waals surface area contributed by atoms with E-state index in [-0.39, 0.29) is 5.91 Å². The molecule has 0 aliphatic heterocycles. The number of aromatic nitrogens is 1.